The van der Waals surface area contributed by atoms with Gasteiger partial charge in [0, 0.05) is 5.97 Å². The number of allylic oxidation sites excluding steroid dienone is 1. The first-order valence-electron chi connectivity index (χ1n) is 8.69. The molecule has 4 heteroatoms. The first kappa shape index (κ1) is 25.2. The number of carboxylic acids is 1. The Morgan fingerprint density at radius 2 is 1.64 bits per heavy atom. The molecular weight excluding hydrogens is 350 g/mol. The second kappa shape index (κ2) is 20.0. The van der Waals surface area contributed by atoms with Crippen molar-refractivity contribution in [2.45, 2.75) is 96.5 Å². The van der Waals surface area contributed by atoms with E-state index in [4.69, 9.17) is 0 Å². The molecule has 0 aliphatic carbocycles. The molecule has 3 nitrogen and oxygen atoms in total. The average molecular weight is 383 g/mol. The molecular formula is C18H33O3Rb. The molecule has 0 fully saturated rings. The Bertz CT molecular complexity index is 267. The zero-order chi connectivity index (χ0) is 15.8. The summed E-state index contributed by atoms with van der Waals surface area (Å²) in [6.07, 6.45) is 17.0. The van der Waals surface area contributed by atoms with Crippen LogP contribution in [0.1, 0.15) is 90.4 Å². The fraction of sp³-hybridized carbons (Fsp3) is 0.833. The Morgan fingerprint density at radius 3 is 2.32 bits per heavy atom. The third-order valence-electron chi connectivity index (χ3n) is 3.72. The first-order chi connectivity index (χ1) is 10.2. The van der Waals surface area contributed by atoms with Crippen LogP contribution in [0.2, 0.25) is 0 Å². The maximum Gasteiger partial charge on any atom is 1.00 e. The molecule has 0 unspecified atom stereocenters. The van der Waals surface area contributed by atoms with Crippen molar-refractivity contribution in [1.82, 2.24) is 0 Å². The van der Waals surface area contributed by atoms with Gasteiger partial charge in [-0.05, 0) is 38.5 Å². The summed E-state index contributed by atoms with van der Waals surface area (Å²) >= 11 is 0. The molecule has 0 saturated carbocycles. The van der Waals surface area contributed by atoms with E-state index < -0.39 is 5.97 Å². The van der Waals surface area contributed by atoms with Gasteiger partial charge in [0.1, 0.15) is 0 Å². The van der Waals surface area contributed by atoms with Crippen molar-refractivity contribution < 1.29 is 73.2 Å². The van der Waals surface area contributed by atoms with Crippen molar-refractivity contribution in [1.29, 1.82) is 0 Å². The molecule has 0 aliphatic rings. The number of carboxylic acid groups (broad SMARTS) is 1. The van der Waals surface area contributed by atoms with E-state index in [1.165, 1.54) is 19.3 Å². The summed E-state index contributed by atoms with van der Waals surface area (Å²) in [4.78, 5) is 10.2. The third-order valence-corrected chi connectivity index (χ3v) is 3.72. The van der Waals surface area contributed by atoms with E-state index in [2.05, 4.69) is 19.1 Å². The largest absolute Gasteiger partial charge is 1.00 e. The van der Waals surface area contributed by atoms with Crippen molar-refractivity contribution in [3.05, 3.63) is 12.2 Å². The van der Waals surface area contributed by atoms with Gasteiger partial charge in [0.25, 0.3) is 0 Å². The Morgan fingerprint density at radius 1 is 1.00 bits per heavy atom. The molecule has 1 N–H and O–H groups in total. The molecule has 0 aromatic carbocycles. The van der Waals surface area contributed by atoms with Crippen LogP contribution in [-0.2, 0) is 4.79 Å². The number of aliphatic hydroxyl groups excluding tert-OH is 1. The summed E-state index contributed by atoms with van der Waals surface area (Å²) in [7, 11) is 0. The predicted octanol–water partition coefficient (Wildman–Crippen LogP) is 0.749. The number of carbonyl (C=O) groups is 1. The summed E-state index contributed by atoms with van der Waals surface area (Å²) < 4.78 is 0. The molecule has 124 valence electrons. The van der Waals surface area contributed by atoms with Crippen LogP contribution >= 0.6 is 0 Å². The zero-order valence-electron chi connectivity index (χ0n) is 14.7. The molecule has 0 aliphatic heterocycles. The second-order valence-electron chi connectivity index (χ2n) is 5.89. The fourth-order valence-corrected chi connectivity index (χ4v) is 2.36. The second-order valence-corrected chi connectivity index (χ2v) is 5.89. The van der Waals surface area contributed by atoms with Crippen molar-refractivity contribution >= 4 is 5.97 Å². The Labute approximate surface area is 185 Å². The minimum atomic E-state index is -0.939. The van der Waals surface area contributed by atoms with Gasteiger partial charge in [0.05, 0.1) is 6.10 Å². The van der Waals surface area contributed by atoms with E-state index >= 15 is 0 Å². The van der Waals surface area contributed by atoms with Crippen LogP contribution in [0.4, 0.5) is 0 Å². The van der Waals surface area contributed by atoms with E-state index in [1.807, 2.05) is 0 Å². The summed E-state index contributed by atoms with van der Waals surface area (Å²) in [5.41, 5.74) is 0. The third kappa shape index (κ3) is 21.0. The molecule has 1 atom stereocenters. The number of unbranched alkanes of at least 4 members (excludes halogenated alkanes) is 8. The molecule has 0 spiro atoms. The molecule has 0 aromatic heterocycles. The SMILES string of the molecule is CCCCCC[C@@H](O)C/C=C\CCCCCCCC(=O)[O-].[Rb+]. The maximum absolute atomic E-state index is 10.2. The van der Waals surface area contributed by atoms with Crippen LogP contribution in [0, 0.1) is 0 Å². The van der Waals surface area contributed by atoms with Crippen LogP contribution in [0.15, 0.2) is 12.2 Å². The van der Waals surface area contributed by atoms with Gasteiger partial charge in [-0.15, -0.1) is 0 Å². The quantitative estimate of drug-likeness (QED) is 0.336. The fourth-order valence-electron chi connectivity index (χ4n) is 2.36. The van der Waals surface area contributed by atoms with Gasteiger partial charge in [-0.3, -0.25) is 0 Å². The topological polar surface area (TPSA) is 60.4 Å². The van der Waals surface area contributed by atoms with Gasteiger partial charge in [-0.1, -0.05) is 64.0 Å². The number of carbonyl (C=O) groups excluding carboxylic acids is 1. The summed E-state index contributed by atoms with van der Waals surface area (Å²) in [5.74, 6) is -0.939. The van der Waals surface area contributed by atoms with Gasteiger partial charge >= 0.3 is 58.2 Å². The molecule has 0 amide bonds. The number of aliphatic carboxylic acids is 1. The average Bonchev–Trinajstić information content (AvgIpc) is 2.45. The van der Waals surface area contributed by atoms with Gasteiger partial charge in [0.2, 0.25) is 0 Å². The van der Waals surface area contributed by atoms with Crippen LogP contribution in [0.5, 0.6) is 0 Å². The van der Waals surface area contributed by atoms with Gasteiger partial charge in [-0.2, -0.15) is 0 Å². The standard InChI is InChI=1S/C18H34O3.Rb/c1-2-3-4-11-14-17(19)15-12-9-7-5-6-8-10-13-16-18(20)21;/h9,12,17,19H,2-8,10-11,13-16H2,1H3,(H,20,21);/q;+1/p-1/b12-9-;/t17-;/m1./s1. The van der Waals surface area contributed by atoms with Crippen molar-refractivity contribution in [2.75, 3.05) is 0 Å². The Kier molecular flexibility index (Phi) is 22.9. The van der Waals surface area contributed by atoms with Gasteiger partial charge in [-0.25, -0.2) is 0 Å². The molecule has 0 aromatic rings. The molecule has 0 saturated heterocycles. The number of hydrogen-bond donors (Lipinski definition) is 1. The van der Waals surface area contributed by atoms with E-state index in [9.17, 15) is 15.0 Å². The molecule has 0 radical (unpaired) electrons. The van der Waals surface area contributed by atoms with Crippen molar-refractivity contribution in [3.63, 3.8) is 0 Å². The van der Waals surface area contributed by atoms with Crippen molar-refractivity contribution in [2.24, 2.45) is 0 Å². The van der Waals surface area contributed by atoms with E-state index in [0.717, 1.165) is 57.8 Å². The summed E-state index contributed by atoms with van der Waals surface area (Å²) in [5, 5.41) is 20.0. The van der Waals surface area contributed by atoms with Crippen LogP contribution in [0.3, 0.4) is 0 Å². The molecule has 0 bridgehead atoms. The predicted molar refractivity (Wildman–Crippen MR) is 85.8 cm³/mol. The normalized spacial score (nSPS) is 12.3. The van der Waals surface area contributed by atoms with Crippen molar-refractivity contribution in [3.8, 4) is 0 Å². The Balaban J connectivity index is 0. The van der Waals surface area contributed by atoms with Crippen LogP contribution in [-0.4, -0.2) is 17.2 Å². The van der Waals surface area contributed by atoms with E-state index in [0.29, 0.717) is 0 Å². The minimum absolute atomic E-state index is 0. The van der Waals surface area contributed by atoms with Gasteiger partial charge < -0.3 is 15.0 Å². The minimum Gasteiger partial charge on any atom is -0.550 e. The molecule has 0 heterocycles. The summed E-state index contributed by atoms with van der Waals surface area (Å²) in [6, 6.07) is 0. The van der Waals surface area contributed by atoms with Crippen LogP contribution < -0.4 is 63.3 Å². The summed E-state index contributed by atoms with van der Waals surface area (Å²) in [6.45, 7) is 2.20. The van der Waals surface area contributed by atoms with E-state index in [-0.39, 0.29) is 70.7 Å². The molecule has 22 heavy (non-hydrogen) atoms. The Hall–Kier alpha value is 0.975. The number of rotatable bonds is 15. The zero-order valence-corrected chi connectivity index (χ0v) is 19.6. The monoisotopic (exact) mass is 382 g/mol. The van der Waals surface area contributed by atoms with Crippen LogP contribution in [0.25, 0.3) is 0 Å². The van der Waals surface area contributed by atoms with Gasteiger partial charge in [0.15, 0.2) is 0 Å². The maximum atomic E-state index is 10.2. The molecule has 0 rings (SSSR count). The number of aliphatic hydroxyl groups is 1. The smallest absolute Gasteiger partial charge is 0.550 e. The van der Waals surface area contributed by atoms with E-state index in [1.54, 1.807) is 0 Å². The first-order valence-corrected chi connectivity index (χ1v) is 8.69. The number of hydrogen-bond acceptors (Lipinski definition) is 3.